The van der Waals surface area contributed by atoms with Crippen molar-refractivity contribution in [2.24, 2.45) is 0 Å². The molecule has 0 unspecified atom stereocenters. The third-order valence-corrected chi connectivity index (χ3v) is 5.92. The zero-order chi connectivity index (χ0) is 26.9. The van der Waals surface area contributed by atoms with Crippen molar-refractivity contribution < 1.29 is 37.0 Å². The Morgan fingerprint density at radius 1 is 1.00 bits per heavy atom. The Morgan fingerprint density at radius 3 is 2.14 bits per heavy atom. The first-order valence-electron chi connectivity index (χ1n) is 11.1. The number of methoxy groups -OCH3 is 2. The molecule has 0 spiro atoms. The van der Waals surface area contributed by atoms with Gasteiger partial charge in [-0.3, -0.25) is 19.8 Å². The molecule has 0 aliphatic carbocycles. The standard InChI is InChI=1S/C25H28F3N3O5/c1-23(2,3)17-9-7-16(8-10-17)20(32)29-24(25(26,27)28)21(33)31(22(34)30-24)13-12-15-6-11-18(35-4)19(14-15)36-5/h6-11,14H,12-13H2,1-5H3,(H,29,32)(H,30,34)/t24-/m0/s1. The smallest absolute Gasteiger partial charge is 0.440 e. The van der Waals surface area contributed by atoms with E-state index in [2.05, 4.69) is 0 Å². The Hall–Kier alpha value is -3.76. The maximum atomic E-state index is 14.1. The van der Waals surface area contributed by atoms with E-state index >= 15 is 0 Å². The van der Waals surface area contributed by atoms with Gasteiger partial charge in [-0.25, -0.2) is 4.79 Å². The van der Waals surface area contributed by atoms with Gasteiger partial charge in [0, 0.05) is 12.1 Å². The van der Waals surface area contributed by atoms with E-state index in [1.807, 2.05) is 20.8 Å². The maximum absolute atomic E-state index is 14.1. The van der Waals surface area contributed by atoms with Gasteiger partial charge in [0.15, 0.2) is 11.5 Å². The van der Waals surface area contributed by atoms with Crippen LogP contribution in [-0.2, 0) is 16.6 Å². The lowest BCUT2D eigenvalue weighted by Gasteiger charge is -2.30. The Bertz CT molecular complexity index is 1160. The van der Waals surface area contributed by atoms with Gasteiger partial charge in [-0.15, -0.1) is 0 Å². The molecule has 0 saturated carbocycles. The molecule has 8 nitrogen and oxygen atoms in total. The van der Waals surface area contributed by atoms with Gasteiger partial charge in [0.05, 0.1) is 14.2 Å². The highest BCUT2D eigenvalue weighted by molar-refractivity contribution is 6.10. The Balaban J connectivity index is 1.82. The van der Waals surface area contributed by atoms with Crippen LogP contribution in [0.4, 0.5) is 18.0 Å². The Kier molecular flexibility index (Phi) is 7.24. The van der Waals surface area contributed by atoms with Crippen molar-refractivity contribution in [1.82, 2.24) is 15.5 Å². The van der Waals surface area contributed by atoms with Crippen LogP contribution < -0.4 is 20.1 Å². The molecule has 1 heterocycles. The first-order valence-corrected chi connectivity index (χ1v) is 11.1. The maximum Gasteiger partial charge on any atom is 0.440 e. The lowest BCUT2D eigenvalue weighted by atomic mass is 9.86. The van der Waals surface area contributed by atoms with Crippen LogP contribution in [0, 0.1) is 0 Å². The van der Waals surface area contributed by atoms with E-state index in [0.717, 1.165) is 5.56 Å². The first-order chi connectivity index (χ1) is 16.7. The van der Waals surface area contributed by atoms with Gasteiger partial charge in [-0.1, -0.05) is 39.0 Å². The van der Waals surface area contributed by atoms with E-state index in [-0.39, 0.29) is 23.9 Å². The van der Waals surface area contributed by atoms with Crippen molar-refractivity contribution in [2.75, 3.05) is 20.8 Å². The second kappa shape index (κ2) is 9.71. The normalized spacial score (nSPS) is 18.2. The minimum atomic E-state index is -5.29. The SMILES string of the molecule is COc1ccc(CCN2C(=O)N[C@](NC(=O)c3ccc(C(C)(C)C)cc3)(C(F)(F)F)C2=O)cc1OC. The summed E-state index contributed by atoms with van der Waals surface area (Å²) in [5, 5.41) is 3.38. The van der Waals surface area contributed by atoms with Gasteiger partial charge in [0.25, 0.3) is 17.5 Å². The van der Waals surface area contributed by atoms with Crippen LogP contribution in [0.1, 0.15) is 42.3 Å². The summed E-state index contributed by atoms with van der Waals surface area (Å²) < 4.78 is 52.8. The zero-order valence-corrected chi connectivity index (χ0v) is 20.6. The quantitative estimate of drug-likeness (QED) is 0.556. The molecule has 3 rings (SSSR count). The molecule has 1 atom stereocenters. The van der Waals surface area contributed by atoms with Crippen molar-refractivity contribution in [3.05, 3.63) is 59.2 Å². The van der Waals surface area contributed by atoms with Crippen molar-refractivity contribution >= 4 is 17.8 Å². The number of halogens is 3. The number of nitrogens with zero attached hydrogens (tertiary/aromatic N) is 1. The summed E-state index contributed by atoms with van der Waals surface area (Å²) in [5.74, 6) is -1.92. The topological polar surface area (TPSA) is 97.0 Å². The van der Waals surface area contributed by atoms with Gasteiger partial charge in [-0.05, 0) is 47.2 Å². The first kappa shape index (κ1) is 26.8. The van der Waals surface area contributed by atoms with Gasteiger partial charge < -0.3 is 14.8 Å². The molecule has 0 aromatic heterocycles. The van der Waals surface area contributed by atoms with Crippen molar-refractivity contribution in [3.8, 4) is 11.5 Å². The number of urea groups is 1. The number of hydrogen-bond acceptors (Lipinski definition) is 5. The monoisotopic (exact) mass is 507 g/mol. The number of alkyl halides is 3. The molecule has 1 saturated heterocycles. The van der Waals surface area contributed by atoms with Crippen LogP contribution in [0.2, 0.25) is 0 Å². The molecule has 2 aromatic rings. The van der Waals surface area contributed by atoms with Crippen LogP contribution in [0.3, 0.4) is 0 Å². The lowest BCUT2D eigenvalue weighted by molar-refractivity contribution is -0.200. The highest BCUT2D eigenvalue weighted by atomic mass is 19.4. The minimum Gasteiger partial charge on any atom is -0.493 e. The largest absolute Gasteiger partial charge is 0.493 e. The van der Waals surface area contributed by atoms with Crippen LogP contribution in [0.15, 0.2) is 42.5 Å². The van der Waals surface area contributed by atoms with E-state index in [1.165, 1.54) is 26.4 Å². The molecule has 2 N–H and O–H groups in total. The molecule has 1 fully saturated rings. The predicted octanol–water partition coefficient (Wildman–Crippen LogP) is 3.78. The summed E-state index contributed by atoms with van der Waals surface area (Å²) in [5.41, 5.74) is -2.43. The van der Waals surface area contributed by atoms with Gasteiger partial charge in [0.1, 0.15) is 0 Å². The van der Waals surface area contributed by atoms with Gasteiger partial charge in [0.2, 0.25) is 0 Å². The molecule has 0 bridgehead atoms. The molecule has 11 heteroatoms. The van der Waals surface area contributed by atoms with Crippen LogP contribution in [0.5, 0.6) is 11.5 Å². The summed E-state index contributed by atoms with van der Waals surface area (Å²) in [6.45, 7) is 5.49. The molecular formula is C25H28F3N3O5. The molecule has 194 valence electrons. The average Bonchev–Trinajstić information content (AvgIpc) is 3.06. The number of rotatable bonds is 7. The predicted molar refractivity (Wildman–Crippen MR) is 125 cm³/mol. The molecule has 1 aliphatic rings. The van der Waals surface area contributed by atoms with E-state index in [1.54, 1.807) is 41.0 Å². The fourth-order valence-electron chi connectivity index (χ4n) is 3.77. The highest BCUT2D eigenvalue weighted by Gasteiger charge is 2.68. The second-order valence-corrected chi connectivity index (χ2v) is 9.36. The van der Waals surface area contributed by atoms with E-state index in [4.69, 9.17) is 9.47 Å². The summed E-state index contributed by atoms with van der Waals surface area (Å²) in [6, 6.07) is 9.56. The van der Waals surface area contributed by atoms with Crippen molar-refractivity contribution in [2.45, 2.75) is 44.4 Å². The zero-order valence-electron chi connectivity index (χ0n) is 20.6. The third-order valence-electron chi connectivity index (χ3n) is 5.92. The Labute approximate surface area is 206 Å². The minimum absolute atomic E-state index is 0.0513. The van der Waals surface area contributed by atoms with Crippen LogP contribution in [0.25, 0.3) is 0 Å². The summed E-state index contributed by atoms with van der Waals surface area (Å²) in [6.07, 6.45) is -5.24. The highest BCUT2D eigenvalue weighted by Crippen LogP contribution is 2.35. The van der Waals surface area contributed by atoms with E-state index in [9.17, 15) is 27.6 Å². The van der Waals surface area contributed by atoms with Gasteiger partial charge in [-0.2, -0.15) is 13.2 Å². The molecule has 4 amide bonds. The molecule has 0 radical (unpaired) electrons. The molecule has 36 heavy (non-hydrogen) atoms. The fourth-order valence-corrected chi connectivity index (χ4v) is 3.77. The second-order valence-electron chi connectivity index (χ2n) is 9.36. The summed E-state index contributed by atoms with van der Waals surface area (Å²) in [7, 11) is 2.88. The molecular weight excluding hydrogens is 479 g/mol. The van der Waals surface area contributed by atoms with Gasteiger partial charge >= 0.3 is 12.2 Å². The number of carbonyl (C=O) groups excluding carboxylic acids is 3. The molecule has 2 aromatic carbocycles. The fraction of sp³-hybridized carbons (Fsp3) is 0.400. The average molecular weight is 508 g/mol. The summed E-state index contributed by atoms with van der Waals surface area (Å²) >= 11 is 0. The number of nitrogens with one attached hydrogen (secondary N) is 2. The number of ether oxygens (including phenoxy) is 2. The Morgan fingerprint density at radius 2 is 1.61 bits per heavy atom. The van der Waals surface area contributed by atoms with E-state index in [0.29, 0.717) is 22.0 Å². The number of benzene rings is 2. The number of hydrogen-bond donors (Lipinski definition) is 2. The summed E-state index contributed by atoms with van der Waals surface area (Å²) in [4.78, 5) is 38.6. The van der Waals surface area contributed by atoms with Crippen LogP contribution in [-0.4, -0.2) is 55.3 Å². The van der Waals surface area contributed by atoms with E-state index < -0.39 is 29.7 Å². The van der Waals surface area contributed by atoms with Crippen LogP contribution >= 0.6 is 0 Å². The number of carbonyl (C=O) groups is 3. The van der Waals surface area contributed by atoms with Crippen molar-refractivity contribution in [1.29, 1.82) is 0 Å². The van der Waals surface area contributed by atoms with Crippen molar-refractivity contribution in [3.63, 3.8) is 0 Å². The number of imide groups is 1. The third kappa shape index (κ3) is 5.09. The lowest BCUT2D eigenvalue weighted by Crippen LogP contribution is -2.69. The number of amides is 4. The molecule has 1 aliphatic heterocycles.